The Morgan fingerprint density at radius 3 is 2.50 bits per heavy atom. The van der Waals surface area contributed by atoms with Gasteiger partial charge in [-0.3, -0.25) is 9.59 Å². The number of hydrogen-bond donors (Lipinski definition) is 1. The van der Waals surface area contributed by atoms with Gasteiger partial charge in [-0.05, 0) is 36.2 Å². The Morgan fingerprint density at radius 1 is 1.17 bits per heavy atom. The van der Waals surface area contributed by atoms with Crippen LogP contribution < -0.4 is 15.0 Å². The number of halogens is 3. The smallest absolute Gasteiger partial charge is 0.411 e. The molecule has 0 aliphatic carbocycles. The Kier molecular flexibility index (Phi) is 6.61. The van der Waals surface area contributed by atoms with Crippen molar-refractivity contribution >= 4 is 23.2 Å². The summed E-state index contributed by atoms with van der Waals surface area (Å²) < 4.78 is 46.3. The van der Waals surface area contributed by atoms with E-state index in [1.54, 1.807) is 23.1 Å². The number of alkyl halides is 3. The third-order valence-corrected chi connectivity index (χ3v) is 4.55. The lowest BCUT2D eigenvalue weighted by molar-refractivity contribution is -0.176. The van der Waals surface area contributed by atoms with Crippen molar-refractivity contribution in [1.29, 1.82) is 0 Å². The number of carbonyl (C=O) groups excluding carboxylic acids is 2. The molecule has 1 fully saturated rings. The fourth-order valence-corrected chi connectivity index (χ4v) is 3.12. The van der Waals surface area contributed by atoms with Crippen LogP contribution in [0, 0.1) is 0 Å². The zero-order valence-corrected chi connectivity index (χ0v) is 16.3. The number of benzene rings is 2. The molecule has 1 aliphatic rings. The first-order valence-corrected chi connectivity index (χ1v) is 9.30. The van der Waals surface area contributed by atoms with Crippen LogP contribution in [0.25, 0.3) is 0 Å². The summed E-state index contributed by atoms with van der Waals surface area (Å²) in [6.07, 6.45) is -3.09. The lowest BCUT2D eigenvalue weighted by atomic mass is 10.1. The molecule has 1 saturated heterocycles. The number of nitrogens with one attached hydrogen (secondary N) is 1. The highest BCUT2D eigenvalue weighted by Gasteiger charge is 2.27. The summed E-state index contributed by atoms with van der Waals surface area (Å²) in [5.41, 5.74) is 2.01. The Labute approximate surface area is 171 Å². The highest BCUT2D eigenvalue weighted by Crippen LogP contribution is 2.34. The minimum atomic E-state index is -4.38. The van der Waals surface area contributed by atoms with Crippen LogP contribution >= 0.6 is 0 Å². The van der Waals surface area contributed by atoms with Crippen LogP contribution in [0.1, 0.15) is 28.8 Å². The quantitative estimate of drug-likeness (QED) is 0.728. The topological polar surface area (TPSA) is 67.9 Å². The molecule has 30 heavy (non-hydrogen) atoms. The summed E-state index contributed by atoms with van der Waals surface area (Å²) in [7, 11) is 1.49. The summed E-state index contributed by atoms with van der Waals surface area (Å²) in [4.78, 5) is 26.1. The lowest BCUT2D eigenvalue weighted by Crippen LogP contribution is -2.24. The number of anilines is 2. The van der Waals surface area contributed by atoms with E-state index >= 15 is 0 Å². The molecule has 2 amide bonds. The number of methoxy groups -OCH3 is 1. The molecular formula is C21H21F3N2O4. The van der Waals surface area contributed by atoms with Crippen molar-refractivity contribution < 1.29 is 32.2 Å². The molecule has 0 bridgehead atoms. The molecule has 1 aliphatic heterocycles. The summed E-state index contributed by atoms with van der Waals surface area (Å²) in [5.74, 6) is 0.120. The van der Waals surface area contributed by atoms with Gasteiger partial charge in [0.1, 0.15) is 12.4 Å². The molecule has 0 spiro atoms. The van der Waals surface area contributed by atoms with Gasteiger partial charge in [0.2, 0.25) is 5.91 Å². The predicted molar refractivity (Wildman–Crippen MR) is 105 cm³/mol. The van der Waals surface area contributed by atoms with Crippen LogP contribution in [-0.2, 0) is 16.1 Å². The van der Waals surface area contributed by atoms with Crippen LogP contribution in [0.2, 0.25) is 0 Å². The fourth-order valence-electron chi connectivity index (χ4n) is 3.12. The molecule has 1 N–H and O–H groups in total. The van der Waals surface area contributed by atoms with Gasteiger partial charge in [0.15, 0.2) is 0 Å². The summed E-state index contributed by atoms with van der Waals surface area (Å²) in [6.45, 7) is -0.898. The fraction of sp³-hybridized carbons (Fsp3) is 0.333. The Bertz CT molecular complexity index is 913. The van der Waals surface area contributed by atoms with Crippen LogP contribution in [0.15, 0.2) is 42.5 Å². The van der Waals surface area contributed by atoms with Gasteiger partial charge in [-0.15, -0.1) is 0 Å². The predicted octanol–water partition coefficient (Wildman–Crippen LogP) is 4.15. The van der Waals surface area contributed by atoms with Crippen LogP contribution in [0.5, 0.6) is 5.75 Å². The highest BCUT2D eigenvalue weighted by molar-refractivity contribution is 6.05. The third kappa shape index (κ3) is 5.50. The second-order valence-corrected chi connectivity index (χ2v) is 6.79. The average molecular weight is 422 g/mol. The van der Waals surface area contributed by atoms with Gasteiger partial charge in [0, 0.05) is 30.3 Å². The summed E-state index contributed by atoms with van der Waals surface area (Å²) in [6, 6.07) is 11.1. The standard InChI is InChI=1S/C21H21F3N2O4/c1-29-18-11-16(8-9-17(18)26-10-2-3-19(26)27)25-20(28)15-6-4-14(5-7-15)12-30-13-21(22,23)24/h4-9,11H,2-3,10,12-13H2,1H3,(H,25,28). The number of hydrogen-bond acceptors (Lipinski definition) is 4. The molecule has 1 heterocycles. The van der Waals surface area contributed by atoms with Crippen molar-refractivity contribution in [2.45, 2.75) is 25.6 Å². The zero-order valence-electron chi connectivity index (χ0n) is 16.3. The number of amides is 2. The van der Waals surface area contributed by atoms with E-state index in [2.05, 4.69) is 10.1 Å². The van der Waals surface area contributed by atoms with Gasteiger partial charge < -0.3 is 19.7 Å². The number of rotatable bonds is 7. The molecule has 3 rings (SSSR count). The normalized spacial score (nSPS) is 14.1. The molecule has 160 valence electrons. The van der Waals surface area contributed by atoms with Crippen LogP contribution in [0.4, 0.5) is 24.5 Å². The Morgan fingerprint density at radius 2 is 1.90 bits per heavy atom. The lowest BCUT2D eigenvalue weighted by Gasteiger charge is -2.19. The first-order valence-electron chi connectivity index (χ1n) is 9.30. The minimum absolute atomic E-state index is 0.0318. The molecule has 0 saturated carbocycles. The third-order valence-electron chi connectivity index (χ3n) is 4.55. The largest absolute Gasteiger partial charge is 0.494 e. The molecule has 0 unspecified atom stereocenters. The maximum absolute atomic E-state index is 12.5. The van der Waals surface area contributed by atoms with Gasteiger partial charge in [0.05, 0.1) is 19.4 Å². The maximum Gasteiger partial charge on any atom is 0.411 e. The summed E-state index contributed by atoms with van der Waals surface area (Å²) >= 11 is 0. The first-order chi connectivity index (χ1) is 14.3. The monoisotopic (exact) mass is 422 g/mol. The summed E-state index contributed by atoms with van der Waals surface area (Å²) in [5, 5.41) is 2.74. The molecule has 2 aromatic rings. The first kappa shape index (κ1) is 21.6. The van der Waals surface area contributed by atoms with Crippen molar-refractivity contribution in [3.8, 4) is 5.75 Å². The van der Waals surface area contributed by atoms with E-state index in [-0.39, 0.29) is 18.4 Å². The van der Waals surface area contributed by atoms with E-state index in [9.17, 15) is 22.8 Å². The minimum Gasteiger partial charge on any atom is -0.494 e. The zero-order chi connectivity index (χ0) is 21.7. The van der Waals surface area contributed by atoms with Gasteiger partial charge >= 0.3 is 6.18 Å². The van der Waals surface area contributed by atoms with Crippen molar-refractivity contribution in [3.63, 3.8) is 0 Å². The SMILES string of the molecule is COc1cc(NC(=O)c2ccc(COCC(F)(F)F)cc2)ccc1N1CCCC1=O. The molecule has 6 nitrogen and oxygen atoms in total. The average Bonchev–Trinajstić information content (AvgIpc) is 3.13. The van der Waals surface area contributed by atoms with Gasteiger partial charge in [-0.2, -0.15) is 13.2 Å². The molecule has 0 atom stereocenters. The van der Waals surface area contributed by atoms with Crippen LogP contribution in [0.3, 0.4) is 0 Å². The number of ether oxygens (including phenoxy) is 2. The Balaban J connectivity index is 1.63. The number of carbonyl (C=O) groups is 2. The second-order valence-electron chi connectivity index (χ2n) is 6.79. The molecule has 0 aromatic heterocycles. The Hall–Kier alpha value is -3.07. The van der Waals surface area contributed by atoms with Gasteiger partial charge in [-0.1, -0.05) is 12.1 Å². The molecular weight excluding hydrogens is 401 g/mol. The van der Waals surface area contributed by atoms with Crippen molar-refractivity contribution in [2.24, 2.45) is 0 Å². The van der Waals surface area contributed by atoms with E-state index < -0.39 is 12.8 Å². The van der Waals surface area contributed by atoms with Crippen molar-refractivity contribution in [1.82, 2.24) is 0 Å². The molecule has 0 radical (unpaired) electrons. The van der Waals surface area contributed by atoms with Gasteiger partial charge in [0.25, 0.3) is 5.91 Å². The van der Waals surface area contributed by atoms with E-state index in [4.69, 9.17) is 4.74 Å². The van der Waals surface area contributed by atoms with E-state index in [0.717, 1.165) is 6.42 Å². The van der Waals surface area contributed by atoms with Gasteiger partial charge in [-0.25, -0.2) is 0 Å². The maximum atomic E-state index is 12.5. The van der Waals surface area contributed by atoms with E-state index in [1.165, 1.54) is 31.4 Å². The number of nitrogens with zero attached hydrogens (tertiary/aromatic N) is 1. The molecule has 9 heteroatoms. The van der Waals surface area contributed by atoms with E-state index in [0.29, 0.717) is 41.2 Å². The van der Waals surface area contributed by atoms with E-state index in [1.807, 2.05) is 0 Å². The van der Waals surface area contributed by atoms with Crippen LogP contribution in [-0.4, -0.2) is 38.3 Å². The molecule has 2 aromatic carbocycles. The van der Waals surface area contributed by atoms with Crippen molar-refractivity contribution in [2.75, 3.05) is 30.5 Å². The van der Waals surface area contributed by atoms with Crippen molar-refractivity contribution in [3.05, 3.63) is 53.6 Å². The second kappa shape index (κ2) is 9.17. The highest BCUT2D eigenvalue weighted by atomic mass is 19.4.